The van der Waals surface area contributed by atoms with Gasteiger partial charge in [0.05, 0.1) is 5.56 Å². The Kier molecular flexibility index (Phi) is 3.93. The van der Waals surface area contributed by atoms with Crippen LogP contribution in [0.5, 0.6) is 5.75 Å². The number of carbonyl (C=O) groups is 2. The van der Waals surface area contributed by atoms with E-state index in [4.69, 9.17) is 4.74 Å². The lowest BCUT2D eigenvalue weighted by atomic mass is 9.54. The molecule has 7 heteroatoms. The van der Waals surface area contributed by atoms with Gasteiger partial charge in [-0.05, 0) is 80.5 Å². The fourth-order valence-corrected chi connectivity index (χ4v) is 5.26. The van der Waals surface area contributed by atoms with Gasteiger partial charge in [-0.15, -0.1) is 0 Å². The van der Waals surface area contributed by atoms with E-state index < -0.39 is 18.0 Å². The van der Waals surface area contributed by atoms with Crippen molar-refractivity contribution >= 4 is 11.9 Å². The quantitative estimate of drug-likeness (QED) is 0.750. The van der Waals surface area contributed by atoms with Crippen LogP contribution in [0.25, 0.3) is 0 Å². The Bertz CT molecular complexity index is 693. The summed E-state index contributed by atoms with van der Waals surface area (Å²) in [7, 11) is 0. The van der Waals surface area contributed by atoms with Crippen molar-refractivity contribution in [3.63, 3.8) is 0 Å². The molecule has 4 aliphatic carbocycles. The van der Waals surface area contributed by atoms with Crippen LogP contribution in [0.15, 0.2) is 24.3 Å². The summed E-state index contributed by atoms with van der Waals surface area (Å²) in [5, 5.41) is 10.3. The van der Waals surface area contributed by atoms with E-state index in [9.17, 15) is 23.5 Å². The largest absolute Gasteiger partial charge is 0.541 e. The second-order valence-electron chi connectivity index (χ2n) is 7.92. The Morgan fingerprint density at radius 3 is 1.96 bits per heavy atom. The lowest BCUT2D eigenvalue weighted by Crippen LogP contribution is -2.52. The fourth-order valence-electron chi connectivity index (χ4n) is 5.26. The summed E-state index contributed by atoms with van der Waals surface area (Å²) in [6.07, 6.45) is 1.99. The van der Waals surface area contributed by atoms with Crippen LogP contribution >= 0.6 is 0 Å². The van der Waals surface area contributed by atoms with Crippen molar-refractivity contribution in [1.82, 2.24) is 0 Å². The van der Waals surface area contributed by atoms with Crippen molar-refractivity contribution in [2.24, 2.45) is 17.8 Å². The number of carboxylic acids is 1. The van der Waals surface area contributed by atoms with Crippen molar-refractivity contribution in [3.05, 3.63) is 29.8 Å². The van der Waals surface area contributed by atoms with Crippen LogP contribution in [0.3, 0.4) is 0 Å². The molecular formula is C19H19F2O5-. The fraction of sp³-hybridized carbons (Fsp3) is 0.579. The molecule has 140 valence electrons. The van der Waals surface area contributed by atoms with Gasteiger partial charge in [0.2, 0.25) is 0 Å². The Morgan fingerprint density at radius 1 is 1.00 bits per heavy atom. The molecule has 1 aromatic carbocycles. The van der Waals surface area contributed by atoms with Gasteiger partial charge >= 0.3 is 12.1 Å². The third-order valence-electron chi connectivity index (χ3n) is 5.86. The number of hydrogen-bond acceptors (Lipinski definition) is 5. The normalized spacial score (nSPS) is 32.3. The predicted molar refractivity (Wildman–Crippen MR) is 83.3 cm³/mol. The summed E-state index contributed by atoms with van der Waals surface area (Å²) in [6.45, 7) is 0. The van der Waals surface area contributed by atoms with Gasteiger partial charge in [-0.2, -0.15) is 8.78 Å². The monoisotopic (exact) mass is 365 g/mol. The standard InChI is InChI=1S/C19H20F2O5/c20-19(21,17(23)24)25-15-3-1-14(2-4-15)16(22)26-18-8-11-5-12(9-18)7-13(6-11)10-18/h1-4,11-13H,5-10H2,(H,23,24)/p-1. The number of hydrogen-bond donors (Lipinski definition) is 0. The highest BCUT2D eigenvalue weighted by Crippen LogP contribution is 2.57. The molecule has 0 amide bonds. The van der Waals surface area contributed by atoms with Gasteiger partial charge in [0.15, 0.2) is 5.97 Å². The van der Waals surface area contributed by atoms with Gasteiger partial charge in [0, 0.05) is 0 Å². The van der Waals surface area contributed by atoms with Gasteiger partial charge in [0.25, 0.3) is 0 Å². The number of benzene rings is 1. The SMILES string of the molecule is O=C(OC12CC3CC(CC(C3)C1)C2)c1ccc(OC(F)(F)C(=O)[O-])cc1. The highest BCUT2D eigenvalue weighted by atomic mass is 19.3. The number of carbonyl (C=O) groups excluding carboxylic acids is 2. The highest BCUT2D eigenvalue weighted by Gasteiger charge is 2.53. The van der Waals surface area contributed by atoms with Crippen LogP contribution in [0.4, 0.5) is 8.78 Å². The molecule has 0 heterocycles. The van der Waals surface area contributed by atoms with Gasteiger partial charge < -0.3 is 19.4 Å². The first kappa shape index (κ1) is 17.2. The Morgan fingerprint density at radius 2 is 1.50 bits per heavy atom. The van der Waals surface area contributed by atoms with Crippen molar-refractivity contribution in [1.29, 1.82) is 0 Å². The molecule has 5 rings (SSSR count). The minimum atomic E-state index is -4.43. The Labute approximate surface area is 149 Å². The molecule has 0 aromatic heterocycles. The number of alkyl halides is 2. The van der Waals surface area contributed by atoms with E-state index in [1.165, 1.54) is 31.4 Å². The van der Waals surface area contributed by atoms with E-state index in [1.54, 1.807) is 0 Å². The lowest BCUT2D eigenvalue weighted by Gasteiger charge is -2.55. The Balaban J connectivity index is 1.43. The van der Waals surface area contributed by atoms with E-state index in [0.717, 1.165) is 31.4 Å². The molecule has 0 N–H and O–H groups in total. The molecule has 0 unspecified atom stereocenters. The molecule has 0 radical (unpaired) electrons. The molecule has 5 nitrogen and oxygen atoms in total. The first-order valence-electron chi connectivity index (χ1n) is 8.86. The smallest absolute Gasteiger partial charge is 0.441 e. The minimum Gasteiger partial charge on any atom is -0.541 e. The number of ether oxygens (including phenoxy) is 2. The molecule has 0 spiro atoms. The zero-order valence-electron chi connectivity index (χ0n) is 14.1. The second kappa shape index (κ2) is 5.93. The number of esters is 1. The third kappa shape index (κ3) is 3.15. The number of halogens is 2. The molecule has 4 bridgehead atoms. The van der Waals surface area contributed by atoms with Gasteiger partial charge in [-0.1, -0.05) is 0 Å². The average Bonchev–Trinajstić information content (AvgIpc) is 2.53. The van der Waals surface area contributed by atoms with Crippen LogP contribution < -0.4 is 9.84 Å². The zero-order valence-corrected chi connectivity index (χ0v) is 14.1. The maximum absolute atomic E-state index is 13.0. The topological polar surface area (TPSA) is 75.7 Å². The van der Waals surface area contributed by atoms with Gasteiger partial charge in [-0.25, -0.2) is 4.79 Å². The maximum Gasteiger partial charge on any atom is 0.441 e. The second-order valence-corrected chi connectivity index (χ2v) is 7.92. The number of aliphatic carboxylic acids is 1. The summed E-state index contributed by atoms with van der Waals surface area (Å²) in [4.78, 5) is 22.8. The first-order valence-corrected chi connectivity index (χ1v) is 8.86. The van der Waals surface area contributed by atoms with Crippen LogP contribution in [-0.4, -0.2) is 23.6 Å². The molecule has 0 saturated heterocycles. The van der Waals surface area contributed by atoms with Crippen LogP contribution in [0, 0.1) is 17.8 Å². The van der Waals surface area contributed by atoms with E-state index >= 15 is 0 Å². The van der Waals surface area contributed by atoms with E-state index in [2.05, 4.69) is 4.74 Å². The first-order chi connectivity index (χ1) is 12.2. The van der Waals surface area contributed by atoms with E-state index in [1.807, 2.05) is 0 Å². The number of rotatable bonds is 5. The van der Waals surface area contributed by atoms with Crippen molar-refractivity contribution in [3.8, 4) is 5.75 Å². The maximum atomic E-state index is 13.0. The van der Waals surface area contributed by atoms with Crippen LogP contribution in [0.2, 0.25) is 0 Å². The molecule has 4 aliphatic rings. The average molecular weight is 365 g/mol. The molecule has 0 atom stereocenters. The summed E-state index contributed by atoms with van der Waals surface area (Å²) < 4.78 is 36.0. The van der Waals surface area contributed by atoms with Crippen molar-refractivity contribution in [2.75, 3.05) is 0 Å². The van der Waals surface area contributed by atoms with Crippen LogP contribution in [-0.2, 0) is 9.53 Å². The van der Waals surface area contributed by atoms with E-state index in [-0.39, 0.29) is 16.9 Å². The van der Waals surface area contributed by atoms with Crippen LogP contribution in [0.1, 0.15) is 48.9 Å². The molecule has 26 heavy (non-hydrogen) atoms. The summed E-state index contributed by atoms with van der Waals surface area (Å²) in [5.74, 6) is -1.57. The molecule has 4 saturated carbocycles. The number of carboxylic acid groups (broad SMARTS) is 1. The summed E-state index contributed by atoms with van der Waals surface area (Å²) >= 11 is 0. The van der Waals surface area contributed by atoms with Gasteiger partial charge in [-0.3, -0.25) is 0 Å². The highest BCUT2D eigenvalue weighted by molar-refractivity contribution is 5.89. The van der Waals surface area contributed by atoms with Crippen molar-refractivity contribution < 1.29 is 33.0 Å². The predicted octanol–water partition coefficient (Wildman–Crippen LogP) is 2.53. The van der Waals surface area contributed by atoms with Gasteiger partial charge in [0.1, 0.15) is 11.4 Å². The lowest BCUT2D eigenvalue weighted by molar-refractivity contribution is -0.350. The third-order valence-corrected chi connectivity index (χ3v) is 5.86. The zero-order chi connectivity index (χ0) is 18.5. The molecule has 1 aromatic rings. The minimum absolute atomic E-state index is 0.227. The van der Waals surface area contributed by atoms with Crippen molar-refractivity contribution in [2.45, 2.75) is 50.2 Å². The van der Waals surface area contributed by atoms with E-state index in [0.29, 0.717) is 17.8 Å². The molecular weight excluding hydrogens is 346 g/mol. The molecule has 0 aliphatic heterocycles. The summed E-state index contributed by atoms with van der Waals surface area (Å²) in [5.41, 5.74) is -0.159. The Hall–Kier alpha value is -2.18. The summed E-state index contributed by atoms with van der Waals surface area (Å²) in [6, 6.07) is 4.83. The molecule has 4 fully saturated rings.